The second-order valence-corrected chi connectivity index (χ2v) is 5.41. The average Bonchev–Trinajstić information content (AvgIpc) is 2.71. The van der Waals surface area contributed by atoms with Crippen LogP contribution in [0, 0.1) is 0 Å². The number of fused-ring (bicyclic) bond motifs is 1. The summed E-state index contributed by atoms with van der Waals surface area (Å²) in [7, 11) is 0. The molecular weight excluding hydrogens is 234 g/mol. The van der Waals surface area contributed by atoms with Crippen LogP contribution in [0.4, 0.5) is 0 Å². The van der Waals surface area contributed by atoms with Crippen LogP contribution in [0.3, 0.4) is 0 Å². The molecular formula is C13H19NO2S. The number of hydrogen-bond acceptors (Lipinski definition) is 4. The van der Waals surface area contributed by atoms with Gasteiger partial charge in [-0.15, -0.1) is 0 Å². The van der Waals surface area contributed by atoms with Gasteiger partial charge in [0.1, 0.15) is 18.1 Å². The lowest BCUT2D eigenvalue weighted by Gasteiger charge is -2.07. The summed E-state index contributed by atoms with van der Waals surface area (Å²) in [5.74, 6) is 4.07. The normalized spacial score (nSPS) is 17.6. The standard InChI is InChI=1S/C13H19NO2S/c1-2-17-7-3-6-15-10-4-5-11-12(14)9-16-13(11)8-10/h4-5,8,12H,2-3,6-7,9,14H2,1H3. The predicted octanol–water partition coefficient (Wildman–Crippen LogP) is 2.60. The van der Waals surface area contributed by atoms with E-state index in [9.17, 15) is 0 Å². The first-order chi connectivity index (χ1) is 8.31. The second-order valence-electron chi connectivity index (χ2n) is 4.02. The Balaban J connectivity index is 1.82. The van der Waals surface area contributed by atoms with Gasteiger partial charge < -0.3 is 15.2 Å². The van der Waals surface area contributed by atoms with Gasteiger partial charge in [-0.05, 0) is 30.1 Å². The van der Waals surface area contributed by atoms with Gasteiger partial charge in [0.05, 0.1) is 12.6 Å². The minimum absolute atomic E-state index is 0.0139. The maximum Gasteiger partial charge on any atom is 0.127 e. The topological polar surface area (TPSA) is 44.5 Å². The van der Waals surface area contributed by atoms with Gasteiger partial charge >= 0.3 is 0 Å². The summed E-state index contributed by atoms with van der Waals surface area (Å²) >= 11 is 1.94. The van der Waals surface area contributed by atoms with Crippen molar-refractivity contribution in [3.8, 4) is 11.5 Å². The third-order valence-corrected chi connectivity index (χ3v) is 3.69. The fraction of sp³-hybridized carbons (Fsp3) is 0.538. The lowest BCUT2D eigenvalue weighted by atomic mass is 10.1. The van der Waals surface area contributed by atoms with E-state index in [0.29, 0.717) is 6.61 Å². The van der Waals surface area contributed by atoms with Crippen LogP contribution < -0.4 is 15.2 Å². The molecule has 0 saturated heterocycles. The van der Waals surface area contributed by atoms with E-state index >= 15 is 0 Å². The molecule has 0 aromatic heterocycles. The minimum atomic E-state index is 0.0139. The molecule has 0 saturated carbocycles. The average molecular weight is 253 g/mol. The van der Waals surface area contributed by atoms with Gasteiger partial charge in [0.2, 0.25) is 0 Å². The highest BCUT2D eigenvalue weighted by atomic mass is 32.2. The van der Waals surface area contributed by atoms with E-state index in [1.165, 1.54) is 5.75 Å². The highest BCUT2D eigenvalue weighted by Crippen LogP contribution is 2.33. The summed E-state index contributed by atoms with van der Waals surface area (Å²) in [6.45, 7) is 3.51. The molecule has 2 rings (SSSR count). The summed E-state index contributed by atoms with van der Waals surface area (Å²) < 4.78 is 11.2. The molecule has 0 bridgehead atoms. The van der Waals surface area contributed by atoms with Crippen molar-refractivity contribution in [1.29, 1.82) is 0 Å². The Kier molecular flexibility index (Phi) is 4.57. The molecule has 0 amide bonds. The number of ether oxygens (including phenoxy) is 2. The van der Waals surface area contributed by atoms with Crippen LogP contribution in [0.5, 0.6) is 11.5 Å². The Hall–Kier alpha value is -0.870. The van der Waals surface area contributed by atoms with Gasteiger partial charge in [-0.2, -0.15) is 11.8 Å². The van der Waals surface area contributed by atoms with E-state index in [1.807, 2.05) is 30.0 Å². The van der Waals surface area contributed by atoms with Gasteiger partial charge in [0.15, 0.2) is 0 Å². The fourth-order valence-electron chi connectivity index (χ4n) is 1.80. The van der Waals surface area contributed by atoms with Crippen molar-refractivity contribution in [2.45, 2.75) is 19.4 Å². The van der Waals surface area contributed by atoms with Gasteiger partial charge in [-0.3, -0.25) is 0 Å². The molecule has 2 N–H and O–H groups in total. The Morgan fingerprint density at radius 1 is 1.53 bits per heavy atom. The van der Waals surface area contributed by atoms with Crippen LogP contribution in [0.2, 0.25) is 0 Å². The van der Waals surface area contributed by atoms with E-state index in [-0.39, 0.29) is 6.04 Å². The van der Waals surface area contributed by atoms with E-state index in [0.717, 1.165) is 35.8 Å². The summed E-state index contributed by atoms with van der Waals surface area (Å²) in [4.78, 5) is 0. The van der Waals surface area contributed by atoms with Crippen LogP contribution in [-0.2, 0) is 0 Å². The molecule has 0 spiro atoms. The lowest BCUT2D eigenvalue weighted by molar-refractivity contribution is 0.311. The monoisotopic (exact) mass is 253 g/mol. The Labute approximate surface area is 107 Å². The Morgan fingerprint density at radius 3 is 3.24 bits per heavy atom. The van der Waals surface area contributed by atoms with E-state index in [2.05, 4.69) is 6.92 Å². The smallest absolute Gasteiger partial charge is 0.127 e. The first kappa shape index (κ1) is 12.6. The zero-order valence-corrected chi connectivity index (χ0v) is 11.0. The number of hydrogen-bond donors (Lipinski definition) is 1. The highest BCUT2D eigenvalue weighted by Gasteiger charge is 2.20. The third-order valence-electron chi connectivity index (χ3n) is 2.71. The van der Waals surface area contributed by atoms with Crippen molar-refractivity contribution < 1.29 is 9.47 Å². The van der Waals surface area contributed by atoms with Gasteiger partial charge in [0.25, 0.3) is 0 Å². The maximum absolute atomic E-state index is 5.88. The summed E-state index contributed by atoms with van der Waals surface area (Å²) in [6.07, 6.45) is 1.08. The number of benzene rings is 1. The van der Waals surface area contributed by atoms with E-state index in [1.54, 1.807) is 0 Å². The zero-order chi connectivity index (χ0) is 12.1. The fourth-order valence-corrected chi connectivity index (χ4v) is 2.41. The molecule has 1 unspecified atom stereocenters. The number of rotatable bonds is 6. The molecule has 0 aliphatic carbocycles. The highest BCUT2D eigenvalue weighted by molar-refractivity contribution is 7.99. The maximum atomic E-state index is 5.88. The van der Waals surface area contributed by atoms with Crippen LogP contribution in [0.15, 0.2) is 18.2 Å². The second kappa shape index (κ2) is 6.17. The largest absolute Gasteiger partial charge is 0.493 e. The van der Waals surface area contributed by atoms with E-state index < -0.39 is 0 Å². The molecule has 1 atom stereocenters. The van der Waals surface area contributed by atoms with Crippen LogP contribution in [-0.4, -0.2) is 24.7 Å². The van der Waals surface area contributed by atoms with Gasteiger partial charge in [-0.1, -0.05) is 6.92 Å². The summed E-state index contributed by atoms with van der Waals surface area (Å²) in [5.41, 5.74) is 6.97. The molecule has 1 aliphatic rings. The van der Waals surface area contributed by atoms with Crippen LogP contribution in [0.1, 0.15) is 24.9 Å². The number of thioether (sulfide) groups is 1. The van der Waals surface area contributed by atoms with Crippen LogP contribution in [0.25, 0.3) is 0 Å². The minimum Gasteiger partial charge on any atom is -0.493 e. The molecule has 17 heavy (non-hydrogen) atoms. The molecule has 4 heteroatoms. The van der Waals surface area contributed by atoms with Crippen molar-refractivity contribution >= 4 is 11.8 Å². The molecule has 1 heterocycles. The van der Waals surface area contributed by atoms with E-state index in [4.69, 9.17) is 15.2 Å². The SMILES string of the molecule is CCSCCCOc1ccc2c(c1)OCC2N. The Morgan fingerprint density at radius 2 is 2.41 bits per heavy atom. The summed E-state index contributed by atoms with van der Waals surface area (Å²) in [6, 6.07) is 5.93. The first-order valence-corrected chi connectivity index (χ1v) is 7.19. The van der Waals surface area contributed by atoms with Crippen molar-refractivity contribution in [2.75, 3.05) is 24.7 Å². The molecule has 1 aliphatic heterocycles. The van der Waals surface area contributed by atoms with Crippen molar-refractivity contribution in [3.63, 3.8) is 0 Å². The van der Waals surface area contributed by atoms with Crippen LogP contribution >= 0.6 is 11.8 Å². The lowest BCUT2D eigenvalue weighted by Crippen LogP contribution is -2.10. The molecule has 0 fully saturated rings. The molecule has 1 aromatic rings. The molecule has 3 nitrogen and oxygen atoms in total. The van der Waals surface area contributed by atoms with Crippen molar-refractivity contribution in [3.05, 3.63) is 23.8 Å². The van der Waals surface area contributed by atoms with Crippen molar-refractivity contribution in [2.24, 2.45) is 5.73 Å². The first-order valence-electron chi connectivity index (χ1n) is 6.04. The Bertz CT molecular complexity index is 370. The predicted molar refractivity (Wildman–Crippen MR) is 72.0 cm³/mol. The quantitative estimate of drug-likeness (QED) is 0.791. The number of nitrogens with two attached hydrogens (primary N) is 1. The summed E-state index contributed by atoms with van der Waals surface area (Å²) in [5, 5.41) is 0. The van der Waals surface area contributed by atoms with Gasteiger partial charge in [0, 0.05) is 11.6 Å². The van der Waals surface area contributed by atoms with Gasteiger partial charge in [-0.25, -0.2) is 0 Å². The molecule has 1 aromatic carbocycles. The molecule has 0 radical (unpaired) electrons. The third kappa shape index (κ3) is 3.30. The molecule has 94 valence electrons. The zero-order valence-electron chi connectivity index (χ0n) is 10.1. The van der Waals surface area contributed by atoms with Crippen molar-refractivity contribution in [1.82, 2.24) is 0 Å².